The Balaban J connectivity index is 1.63. The smallest absolute Gasteiger partial charge is 0.322 e. The summed E-state index contributed by atoms with van der Waals surface area (Å²) in [5, 5.41) is 7.08. The van der Waals surface area contributed by atoms with E-state index in [4.69, 9.17) is 0 Å². The first-order chi connectivity index (χ1) is 10.0. The van der Waals surface area contributed by atoms with Gasteiger partial charge >= 0.3 is 6.03 Å². The van der Waals surface area contributed by atoms with Crippen LogP contribution < -0.4 is 5.32 Å². The molecule has 1 aromatic rings. The Morgan fingerprint density at radius 2 is 2.19 bits per heavy atom. The van der Waals surface area contributed by atoms with Crippen LogP contribution in [0, 0.1) is 0 Å². The lowest BCUT2D eigenvalue weighted by molar-refractivity contribution is -0.132. The van der Waals surface area contributed by atoms with Crippen molar-refractivity contribution in [3.8, 4) is 0 Å². The Labute approximate surface area is 123 Å². The summed E-state index contributed by atoms with van der Waals surface area (Å²) in [4.78, 5) is 28.1. The van der Waals surface area contributed by atoms with E-state index < -0.39 is 5.54 Å². The fourth-order valence-electron chi connectivity index (χ4n) is 3.14. The molecule has 0 aliphatic carbocycles. The van der Waals surface area contributed by atoms with Gasteiger partial charge in [-0.1, -0.05) is 0 Å². The fraction of sp³-hybridized carbons (Fsp3) is 0.643. The van der Waals surface area contributed by atoms with Crippen molar-refractivity contribution < 1.29 is 9.59 Å². The zero-order valence-electron chi connectivity index (χ0n) is 12.5. The third-order valence-corrected chi connectivity index (χ3v) is 4.26. The van der Waals surface area contributed by atoms with Crippen LogP contribution in [0.3, 0.4) is 0 Å². The van der Waals surface area contributed by atoms with Gasteiger partial charge in [-0.25, -0.2) is 4.79 Å². The predicted octanol–water partition coefficient (Wildman–Crippen LogP) is 0.288. The van der Waals surface area contributed by atoms with Gasteiger partial charge in [0.25, 0.3) is 5.91 Å². The predicted molar refractivity (Wildman–Crippen MR) is 76.5 cm³/mol. The molecule has 0 aromatic carbocycles. The van der Waals surface area contributed by atoms with Crippen LogP contribution in [0.1, 0.15) is 20.3 Å². The van der Waals surface area contributed by atoms with Gasteiger partial charge in [-0.2, -0.15) is 5.10 Å². The molecule has 1 spiro atoms. The van der Waals surface area contributed by atoms with Gasteiger partial charge in [-0.05, 0) is 26.3 Å². The second kappa shape index (κ2) is 5.14. The number of hydrogen-bond donors (Lipinski definition) is 1. The quantitative estimate of drug-likeness (QED) is 0.809. The Hall–Kier alpha value is -1.89. The molecule has 1 N–H and O–H groups in total. The molecule has 1 aromatic heterocycles. The van der Waals surface area contributed by atoms with Gasteiger partial charge in [0, 0.05) is 38.1 Å². The minimum absolute atomic E-state index is 0.0795. The molecule has 2 aliphatic heterocycles. The number of hydrogen-bond acceptors (Lipinski definition) is 4. The normalized spacial score (nSPS) is 26.3. The third-order valence-electron chi connectivity index (χ3n) is 4.26. The van der Waals surface area contributed by atoms with Gasteiger partial charge < -0.3 is 5.32 Å². The number of aromatic nitrogens is 2. The Kier molecular flexibility index (Phi) is 3.44. The van der Waals surface area contributed by atoms with Crippen molar-refractivity contribution in [1.82, 2.24) is 24.9 Å². The number of likely N-dealkylation sites (tertiary alicyclic amines) is 1. The second-order valence-electron chi connectivity index (χ2n) is 6.08. The summed E-state index contributed by atoms with van der Waals surface area (Å²) in [5.74, 6) is -0.0795. The van der Waals surface area contributed by atoms with Crippen LogP contribution in [0.5, 0.6) is 0 Å². The number of nitrogens with zero attached hydrogens (tertiary/aromatic N) is 4. The van der Waals surface area contributed by atoms with Crippen molar-refractivity contribution in [1.29, 1.82) is 0 Å². The average Bonchev–Trinajstić information content (AvgIpc) is 3.09. The van der Waals surface area contributed by atoms with Gasteiger partial charge in [0.1, 0.15) is 5.54 Å². The number of carbonyl (C=O) groups is 2. The lowest BCUT2D eigenvalue weighted by Gasteiger charge is -2.23. The molecular formula is C14H21N5O2. The Morgan fingerprint density at radius 1 is 1.38 bits per heavy atom. The van der Waals surface area contributed by atoms with Crippen molar-refractivity contribution in [3.63, 3.8) is 0 Å². The van der Waals surface area contributed by atoms with Crippen LogP contribution in [0.4, 0.5) is 4.79 Å². The monoisotopic (exact) mass is 291 g/mol. The van der Waals surface area contributed by atoms with Gasteiger partial charge in [-0.15, -0.1) is 0 Å². The maximum atomic E-state index is 12.6. The average molecular weight is 291 g/mol. The lowest BCUT2D eigenvalue weighted by atomic mass is 9.99. The zero-order chi connectivity index (χ0) is 15.0. The van der Waals surface area contributed by atoms with Crippen LogP contribution in [0.25, 0.3) is 0 Å². The van der Waals surface area contributed by atoms with Crippen molar-refractivity contribution in [2.24, 2.45) is 0 Å². The molecule has 3 heterocycles. The van der Waals surface area contributed by atoms with E-state index in [0.29, 0.717) is 13.0 Å². The highest BCUT2D eigenvalue weighted by molar-refractivity contribution is 6.07. The summed E-state index contributed by atoms with van der Waals surface area (Å²) in [7, 11) is 0. The zero-order valence-corrected chi connectivity index (χ0v) is 12.5. The van der Waals surface area contributed by atoms with Crippen LogP contribution in [0.2, 0.25) is 0 Å². The Morgan fingerprint density at radius 3 is 2.81 bits per heavy atom. The molecule has 0 bridgehead atoms. The highest BCUT2D eigenvalue weighted by Gasteiger charge is 2.54. The van der Waals surface area contributed by atoms with Gasteiger partial charge in [-0.3, -0.25) is 19.3 Å². The van der Waals surface area contributed by atoms with Crippen LogP contribution in [-0.2, 0) is 11.3 Å². The van der Waals surface area contributed by atoms with Crippen LogP contribution in [-0.4, -0.2) is 62.7 Å². The summed E-state index contributed by atoms with van der Waals surface area (Å²) in [5.41, 5.74) is -0.717. The molecule has 0 radical (unpaired) electrons. The van der Waals surface area contributed by atoms with E-state index in [1.165, 1.54) is 4.90 Å². The first kappa shape index (κ1) is 14.1. The van der Waals surface area contributed by atoms with Crippen molar-refractivity contribution in [2.45, 2.75) is 38.4 Å². The minimum atomic E-state index is -0.717. The fourth-order valence-corrected chi connectivity index (χ4v) is 3.14. The number of urea groups is 1. The largest absolute Gasteiger partial charge is 0.325 e. The van der Waals surface area contributed by atoms with E-state index in [2.05, 4.69) is 15.3 Å². The molecule has 0 saturated carbocycles. The standard InChI is InChI=1S/C14H21N5O2/c1-11(2)19-12(20)14(16-13(19)21)4-7-17(10-14)8-9-18-6-3-5-15-18/h3,5-6,11H,4,7-10H2,1-2H3,(H,16,21)/t14-/m1/s1. The maximum absolute atomic E-state index is 12.6. The van der Waals surface area contributed by atoms with Gasteiger partial charge in [0.15, 0.2) is 0 Å². The number of rotatable bonds is 4. The molecule has 3 rings (SSSR count). The summed E-state index contributed by atoms with van der Waals surface area (Å²) < 4.78 is 1.88. The summed E-state index contributed by atoms with van der Waals surface area (Å²) >= 11 is 0. The van der Waals surface area contributed by atoms with E-state index in [1.807, 2.05) is 30.8 Å². The topological polar surface area (TPSA) is 70.5 Å². The second-order valence-corrected chi connectivity index (χ2v) is 6.08. The van der Waals surface area contributed by atoms with E-state index in [0.717, 1.165) is 19.6 Å². The number of amides is 3. The molecule has 114 valence electrons. The van der Waals surface area contributed by atoms with E-state index in [9.17, 15) is 9.59 Å². The molecule has 7 nitrogen and oxygen atoms in total. The first-order valence-corrected chi connectivity index (χ1v) is 7.37. The van der Waals surface area contributed by atoms with E-state index in [-0.39, 0.29) is 18.0 Å². The number of imide groups is 1. The number of nitrogens with one attached hydrogen (secondary N) is 1. The molecule has 1 atom stereocenters. The minimum Gasteiger partial charge on any atom is -0.322 e. The van der Waals surface area contributed by atoms with Crippen molar-refractivity contribution >= 4 is 11.9 Å². The van der Waals surface area contributed by atoms with Crippen LogP contribution in [0.15, 0.2) is 18.5 Å². The molecule has 2 aliphatic rings. The summed E-state index contributed by atoms with van der Waals surface area (Å²) in [6.07, 6.45) is 4.36. The molecule has 21 heavy (non-hydrogen) atoms. The van der Waals surface area contributed by atoms with E-state index in [1.54, 1.807) is 6.20 Å². The lowest BCUT2D eigenvalue weighted by Crippen LogP contribution is -2.49. The molecule has 2 fully saturated rings. The Bertz CT molecular complexity index is 542. The summed E-state index contributed by atoms with van der Waals surface area (Å²) in [6.45, 7) is 6.75. The molecule has 7 heteroatoms. The molecule has 2 saturated heterocycles. The van der Waals surface area contributed by atoms with Crippen molar-refractivity contribution in [3.05, 3.63) is 18.5 Å². The van der Waals surface area contributed by atoms with Crippen molar-refractivity contribution in [2.75, 3.05) is 19.6 Å². The van der Waals surface area contributed by atoms with Gasteiger partial charge in [0.05, 0.1) is 6.54 Å². The highest BCUT2D eigenvalue weighted by atomic mass is 16.2. The first-order valence-electron chi connectivity index (χ1n) is 7.37. The van der Waals surface area contributed by atoms with Crippen LogP contribution >= 0.6 is 0 Å². The highest BCUT2D eigenvalue weighted by Crippen LogP contribution is 2.29. The SMILES string of the molecule is CC(C)N1C(=O)N[C@@]2(CCN(CCn3cccn3)C2)C1=O. The third kappa shape index (κ3) is 2.42. The number of carbonyl (C=O) groups excluding carboxylic acids is 2. The van der Waals surface area contributed by atoms with Gasteiger partial charge in [0.2, 0.25) is 0 Å². The maximum Gasteiger partial charge on any atom is 0.325 e. The molecule has 3 amide bonds. The molecular weight excluding hydrogens is 270 g/mol. The van der Waals surface area contributed by atoms with E-state index >= 15 is 0 Å². The summed E-state index contributed by atoms with van der Waals surface area (Å²) in [6, 6.07) is 1.53. The molecule has 0 unspecified atom stereocenters.